The second-order valence-corrected chi connectivity index (χ2v) is 3.71. The summed E-state index contributed by atoms with van der Waals surface area (Å²) in [6.45, 7) is 6.77. The molecule has 0 fully saturated rings. The van der Waals surface area contributed by atoms with Crippen molar-refractivity contribution in [1.29, 1.82) is 0 Å². The summed E-state index contributed by atoms with van der Waals surface area (Å²) in [4.78, 5) is 2.45. The van der Waals surface area contributed by atoms with Crippen molar-refractivity contribution in [3.8, 4) is 0 Å². The van der Waals surface area contributed by atoms with Crippen LogP contribution in [0.5, 0.6) is 0 Å². The molecular weight excluding hydrogens is 176 g/mol. The molecule has 0 saturated heterocycles. The minimum atomic E-state index is 0.338. The molecule has 3 heteroatoms. The van der Waals surface area contributed by atoms with Gasteiger partial charge in [-0.2, -0.15) is 0 Å². The Kier molecular flexibility index (Phi) is 10.9. The van der Waals surface area contributed by atoms with Crippen LogP contribution < -0.4 is 5.73 Å². The maximum absolute atomic E-state index is 8.61. The highest BCUT2D eigenvalue weighted by Crippen LogP contribution is 2.01. The smallest absolute Gasteiger partial charge is 0.0431 e. The monoisotopic (exact) mass is 202 g/mol. The standard InChI is InChI=1S/C11H26N2O/c1-2-13(10-7-8-12)9-5-3-4-6-11-14/h14H,2-12H2,1H3. The van der Waals surface area contributed by atoms with Gasteiger partial charge in [0.25, 0.3) is 0 Å². The Morgan fingerprint density at radius 1 is 1.00 bits per heavy atom. The molecule has 0 heterocycles. The quantitative estimate of drug-likeness (QED) is 0.524. The summed E-state index contributed by atoms with van der Waals surface area (Å²) in [5, 5.41) is 8.61. The second-order valence-electron chi connectivity index (χ2n) is 3.71. The lowest BCUT2D eigenvalue weighted by Gasteiger charge is -2.19. The third-order valence-electron chi connectivity index (χ3n) is 2.51. The SMILES string of the molecule is CCN(CCCN)CCCCCCO. The lowest BCUT2D eigenvalue weighted by Crippen LogP contribution is -2.27. The number of hydrogen-bond donors (Lipinski definition) is 2. The zero-order chi connectivity index (χ0) is 10.6. The van der Waals surface area contributed by atoms with Crippen LogP contribution in [0.4, 0.5) is 0 Å². The summed E-state index contributed by atoms with van der Waals surface area (Å²) < 4.78 is 0. The van der Waals surface area contributed by atoms with Crippen LogP contribution >= 0.6 is 0 Å². The van der Waals surface area contributed by atoms with E-state index in [4.69, 9.17) is 10.8 Å². The normalized spacial score (nSPS) is 11.1. The van der Waals surface area contributed by atoms with Gasteiger partial charge in [0.15, 0.2) is 0 Å². The minimum absolute atomic E-state index is 0.338. The molecule has 0 spiro atoms. The molecule has 0 unspecified atom stereocenters. The first-order valence-electron chi connectivity index (χ1n) is 5.88. The van der Waals surface area contributed by atoms with Crippen LogP contribution in [0, 0.1) is 0 Å². The van der Waals surface area contributed by atoms with Crippen LogP contribution in [0.2, 0.25) is 0 Å². The fourth-order valence-electron chi connectivity index (χ4n) is 1.54. The maximum Gasteiger partial charge on any atom is 0.0431 e. The number of aliphatic hydroxyl groups excluding tert-OH is 1. The number of nitrogens with two attached hydrogens (primary N) is 1. The van der Waals surface area contributed by atoms with Crippen molar-refractivity contribution in [2.45, 2.75) is 39.0 Å². The van der Waals surface area contributed by atoms with Crippen LogP contribution in [0.3, 0.4) is 0 Å². The van der Waals surface area contributed by atoms with Gasteiger partial charge in [0, 0.05) is 6.61 Å². The van der Waals surface area contributed by atoms with E-state index in [1.54, 1.807) is 0 Å². The molecule has 0 radical (unpaired) electrons. The van der Waals surface area contributed by atoms with E-state index in [0.29, 0.717) is 6.61 Å². The highest BCUT2D eigenvalue weighted by molar-refractivity contribution is 4.56. The molecule has 0 bridgehead atoms. The molecule has 0 amide bonds. The Morgan fingerprint density at radius 2 is 1.64 bits per heavy atom. The Labute approximate surface area is 88.3 Å². The van der Waals surface area contributed by atoms with E-state index in [2.05, 4.69) is 11.8 Å². The first-order chi connectivity index (χ1) is 6.85. The summed E-state index contributed by atoms with van der Waals surface area (Å²) in [5.74, 6) is 0. The van der Waals surface area contributed by atoms with Gasteiger partial charge in [-0.05, 0) is 45.4 Å². The highest BCUT2D eigenvalue weighted by atomic mass is 16.2. The number of rotatable bonds is 10. The highest BCUT2D eigenvalue weighted by Gasteiger charge is 2.00. The molecule has 0 aliphatic rings. The third-order valence-corrected chi connectivity index (χ3v) is 2.51. The number of unbranched alkanes of at least 4 members (excludes halogenated alkanes) is 3. The summed E-state index contributed by atoms with van der Waals surface area (Å²) in [5.41, 5.74) is 5.47. The Morgan fingerprint density at radius 3 is 2.21 bits per heavy atom. The fourth-order valence-corrected chi connectivity index (χ4v) is 1.54. The van der Waals surface area contributed by atoms with Gasteiger partial charge in [0.1, 0.15) is 0 Å². The molecule has 0 aromatic carbocycles. The molecule has 0 aromatic rings. The van der Waals surface area contributed by atoms with Gasteiger partial charge in [0.05, 0.1) is 0 Å². The van der Waals surface area contributed by atoms with Gasteiger partial charge < -0.3 is 15.7 Å². The van der Waals surface area contributed by atoms with Crippen LogP contribution in [-0.2, 0) is 0 Å². The number of aliphatic hydroxyl groups is 1. The zero-order valence-electron chi connectivity index (χ0n) is 9.54. The molecule has 0 rings (SSSR count). The van der Waals surface area contributed by atoms with E-state index in [0.717, 1.165) is 38.9 Å². The lowest BCUT2D eigenvalue weighted by molar-refractivity contribution is 0.266. The van der Waals surface area contributed by atoms with E-state index < -0.39 is 0 Å². The predicted molar refractivity (Wildman–Crippen MR) is 61.3 cm³/mol. The topological polar surface area (TPSA) is 49.5 Å². The van der Waals surface area contributed by atoms with Gasteiger partial charge in [0.2, 0.25) is 0 Å². The minimum Gasteiger partial charge on any atom is -0.396 e. The van der Waals surface area contributed by atoms with E-state index in [-0.39, 0.29) is 0 Å². The molecule has 0 aliphatic carbocycles. The summed E-state index contributed by atoms with van der Waals surface area (Å²) in [7, 11) is 0. The average Bonchev–Trinajstić information content (AvgIpc) is 2.22. The Balaban J connectivity index is 3.24. The molecular formula is C11H26N2O. The number of nitrogens with zero attached hydrogens (tertiary/aromatic N) is 1. The van der Waals surface area contributed by atoms with E-state index in [9.17, 15) is 0 Å². The Bertz CT molecular complexity index is 109. The first kappa shape index (κ1) is 13.9. The van der Waals surface area contributed by atoms with Crippen molar-refractivity contribution >= 4 is 0 Å². The fraction of sp³-hybridized carbons (Fsp3) is 1.00. The van der Waals surface area contributed by atoms with Crippen molar-refractivity contribution in [1.82, 2.24) is 4.90 Å². The lowest BCUT2D eigenvalue weighted by atomic mass is 10.2. The molecule has 3 N–H and O–H groups in total. The van der Waals surface area contributed by atoms with Crippen molar-refractivity contribution in [2.24, 2.45) is 5.73 Å². The van der Waals surface area contributed by atoms with Crippen molar-refractivity contribution < 1.29 is 5.11 Å². The van der Waals surface area contributed by atoms with Crippen molar-refractivity contribution in [3.63, 3.8) is 0 Å². The largest absolute Gasteiger partial charge is 0.396 e. The summed E-state index contributed by atoms with van der Waals surface area (Å²) in [6.07, 6.45) is 5.70. The molecule has 14 heavy (non-hydrogen) atoms. The van der Waals surface area contributed by atoms with Crippen LogP contribution in [-0.4, -0.2) is 42.8 Å². The van der Waals surface area contributed by atoms with Crippen LogP contribution in [0.25, 0.3) is 0 Å². The van der Waals surface area contributed by atoms with Gasteiger partial charge in [-0.1, -0.05) is 19.8 Å². The number of hydrogen-bond acceptors (Lipinski definition) is 3. The molecule has 0 atom stereocenters. The van der Waals surface area contributed by atoms with Crippen LogP contribution in [0.1, 0.15) is 39.0 Å². The van der Waals surface area contributed by atoms with E-state index >= 15 is 0 Å². The average molecular weight is 202 g/mol. The molecule has 3 nitrogen and oxygen atoms in total. The maximum atomic E-state index is 8.61. The predicted octanol–water partition coefficient (Wildman–Crippen LogP) is 1.21. The van der Waals surface area contributed by atoms with Crippen LogP contribution in [0.15, 0.2) is 0 Å². The zero-order valence-corrected chi connectivity index (χ0v) is 9.54. The van der Waals surface area contributed by atoms with Gasteiger partial charge >= 0.3 is 0 Å². The van der Waals surface area contributed by atoms with Gasteiger partial charge in [-0.15, -0.1) is 0 Å². The second kappa shape index (κ2) is 11.0. The summed E-state index contributed by atoms with van der Waals surface area (Å²) in [6, 6.07) is 0. The van der Waals surface area contributed by atoms with E-state index in [1.165, 1.54) is 19.4 Å². The molecule has 0 aliphatic heterocycles. The first-order valence-corrected chi connectivity index (χ1v) is 5.88. The molecule has 0 saturated carbocycles. The summed E-state index contributed by atoms with van der Waals surface area (Å²) >= 11 is 0. The third kappa shape index (κ3) is 8.48. The molecule has 0 aromatic heterocycles. The van der Waals surface area contributed by atoms with Crippen molar-refractivity contribution in [2.75, 3.05) is 32.8 Å². The Hall–Kier alpha value is -0.120. The van der Waals surface area contributed by atoms with Gasteiger partial charge in [-0.25, -0.2) is 0 Å². The van der Waals surface area contributed by atoms with Crippen molar-refractivity contribution in [3.05, 3.63) is 0 Å². The van der Waals surface area contributed by atoms with Gasteiger partial charge in [-0.3, -0.25) is 0 Å². The molecule has 86 valence electrons. The van der Waals surface area contributed by atoms with E-state index in [1.807, 2.05) is 0 Å².